The molecule has 0 bridgehead atoms. The fourth-order valence-electron chi connectivity index (χ4n) is 3.28. The average molecular weight is 470 g/mol. The van der Waals surface area contributed by atoms with Crippen LogP contribution in [0.5, 0.6) is 0 Å². The summed E-state index contributed by atoms with van der Waals surface area (Å²) in [6.45, 7) is 11.8. The Hall–Kier alpha value is -3.35. The van der Waals surface area contributed by atoms with E-state index in [2.05, 4.69) is 5.32 Å². The van der Waals surface area contributed by atoms with Gasteiger partial charge in [0.05, 0.1) is 6.04 Å². The van der Waals surface area contributed by atoms with Gasteiger partial charge in [-0.1, -0.05) is 42.5 Å². The van der Waals surface area contributed by atoms with Crippen LogP contribution < -0.4 is 5.32 Å². The number of amides is 1. The lowest BCUT2D eigenvalue weighted by Crippen LogP contribution is -2.47. The molecule has 2 atom stereocenters. The van der Waals surface area contributed by atoms with Crippen molar-refractivity contribution in [1.82, 2.24) is 5.32 Å². The maximum Gasteiger partial charge on any atom is 0.408 e. The lowest BCUT2D eigenvalue weighted by atomic mass is 9.98. The third-order valence-electron chi connectivity index (χ3n) is 4.50. The number of fused-ring (bicyclic) bond motifs is 1. The zero-order chi connectivity index (χ0) is 25.5. The zero-order valence-corrected chi connectivity index (χ0v) is 21.0. The third-order valence-corrected chi connectivity index (χ3v) is 4.50. The van der Waals surface area contributed by atoms with Crippen molar-refractivity contribution < 1.29 is 28.6 Å². The van der Waals surface area contributed by atoms with E-state index < -0.39 is 41.4 Å². The number of ether oxygens (including phenoxy) is 3. The molecular weight excluding hydrogens is 434 g/mol. The van der Waals surface area contributed by atoms with Crippen LogP contribution in [0, 0.1) is 0 Å². The first-order chi connectivity index (χ1) is 15.7. The van der Waals surface area contributed by atoms with Crippen LogP contribution in [-0.4, -0.2) is 41.4 Å². The number of alkyl carbamates (subject to hydrolysis) is 1. The summed E-state index contributed by atoms with van der Waals surface area (Å²) in [5, 5.41) is 4.94. The highest BCUT2D eigenvalue weighted by molar-refractivity contribution is 5.83. The van der Waals surface area contributed by atoms with E-state index in [0.717, 1.165) is 16.3 Å². The van der Waals surface area contributed by atoms with Crippen molar-refractivity contribution in [3.63, 3.8) is 0 Å². The molecule has 2 aromatic rings. The standard InChI is InChI=1S/C27H35NO6/c1-18(29)32-23(14-15-24(30)33-26(2,3)4)22(28-25(31)34-27(5,6)7)17-19-12-13-20-10-8-9-11-21(20)16-19/h8-16,22-23H,17H2,1-7H3,(H,28,31)/b15-14+/t22-,23?/m0/s1. The number of nitrogens with one attached hydrogen (secondary N) is 1. The smallest absolute Gasteiger partial charge is 0.408 e. The maximum absolute atomic E-state index is 12.6. The number of carbonyl (C=O) groups is 3. The van der Waals surface area contributed by atoms with E-state index in [4.69, 9.17) is 14.2 Å². The Morgan fingerprint density at radius 1 is 0.912 bits per heavy atom. The highest BCUT2D eigenvalue weighted by atomic mass is 16.6. The minimum absolute atomic E-state index is 0.334. The second-order valence-corrected chi connectivity index (χ2v) is 10.1. The van der Waals surface area contributed by atoms with Crippen LogP contribution in [0.3, 0.4) is 0 Å². The second kappa shape index (κ2) is 11.2. The number of hydrogen-bond acceptors (Lipinski definition) is 6. The van der Waals surface area contributed by atoms with Crippen LogP contribution in [0.25, 0.3) is 10.8 Å². The molecule has 0 aliphatic carbocycles. The van der Waals surface area contributed by atoms with Crippen molar-refractivity contribution in [2.75, 3.05) is 0 Å². The molecule has 1 N–H and O–H groups in total. The molecule has 0 radical (unpaired) electrons. The van der Waals surface area contributed by atoms with Gasteiger partial charge in [0.1, 0.15) is 17.3 Å². The van der Waals surface area contributed by atoms with Crippen LogP contribution in [0.15, 0.2) is 54.6 Å². The summed E-state index contributed by atoms with van der Waals surface area (Å²) in [5.41, 5.74) is -0.457. The summed E-state index contributed by atoms with van der Waals surface area (Å²) in [5.74, 6) is -1.13. The molecule has 0 heterocycles. The highest BCUT2D eigenvalue weighted by Crippen LogP contribution is 2.19. The first-order valence-corrected chi connectivity index (χ1v) is 11.3. The normalized spacial score (nSPS) is 13.9. The first-order valence-electron chi connectivity index (χ1n) is 11.3. The molecule has 0 aliphatic heterocycles. The van der Waals surface area contributed by atoms with Crippen LogP contribution in [-0.2, 0) is 30.2 Å². The van der Waals surface area contributed by atoms with E-state index >= 15 is 0 Å². The zero-order valence-electron chi connectivity index (χ0n) is 21.0. The minimum Gasteiger partial charge on any atom is -0.457 e. The monoisotopic (exact) mass is 469 g/mol. The van der Waals surface area contributed by atoms with Gasteiger partial charge in [-0.05, 0) is 70.4 Å². The fraction of sp³-hybridized carbons (Fsp3) is 0.444. The van der Waals surface area contributed by atoms with E-state index in [1.165, 1.54) is 19.1 Å². The van der Waals surface area contributed by atoms with E-state index in [-0.39, 0.29) is 0 Å². The summed E-state index contributed by atoms with van der Waals surface area (Å²) in [6, 6.07) is 13.2. The Balaban J connectivity index is 2.35. The molecular formula is C27H35NO6. The van der Waals surface area contributed by atoms with Crippen LogP contribution in [0.2, 0.25) is 0 Å². The molecule has 2 rings (SSSR count). The van der Waals surface area contributed by atoms with Crippen molar-refractivity contribution in [2.24, 2.45) is 0 Å². The molecule has 7 nitrogen and oxygen atoms in total. The quantitative estimate of drug-likeness (QED) is 0.344. The topological polar surface area (TPSA) is 90.9 Å². The Labute approximate surface area is 201 Å². The first kappa shape index (κ1) is 26.9. The Kier molecular flexibility index (Phi) is 8.85. The van der Waals surface area contributed by atoms with Gasteiger partial charge in [-0.2, -0.15) is 0 Å². The van der Waals surface area contributed by atoms with Gasteiger partial charge >= 0.3 is 18.0 Å². The molecule has 0 aliphatic rings. The molecule has 0 spiro atoms. The summed E-state index contributed by atoms with van der Waals surface area (Å²) >= 11 is 0. The van der Waals surface area contributed by atoms with Crippen LogP contribution in [0.1, 0.15) is 54.0 Å². The van der Waals surface area contributed by atoms with Gasteiger partial charge < -0.3 is 19.5 Å². The van der Waals surface area contributed by atoms with Gasteiger partial charge in [0.2, 0.25) is 0 Å². The molecule has 0 aromatic heterocycles. The second-order valence-electron chi connectivity index (χ2n) is 10.1. The van der Waals surface area contributed by atoms with Gasteiger partial charge in [0.25, 0.3) is 0 Å². The van der Waals surface area contributed by atoms with E-state index in [1.807, 2.05) is 42.5 Å². The summed E-state index contributed by atoms with van der Waals surface area (Å²) < 4.78 is 16.2. The van der Waals surface area contributed by atoms with Gasteiger partial charge in [-0.25, -0.2) is 9.59 Å². The molecule has 7 heteroatoms. The van der Waals surface area contributed by atoms with Crippen molar-refractivity contribution in [3.05, 3.63) is 60.2 Å². The average Bonchev–Trinajstić information content (AvgIpc) is 2.67. The maximum atomic E-state index is 12.6. The SMILES string of the molecule is CC(=O)OC(/C=C/C(=O)OC(C)(C)C)[C@H](Cc1ccc2ccccc2c1)NC(=O)OC(C)(C)C. The number of rotatable bonds is 7. The molecule has 0 saturated carbocycles. The van der Waals surface area contributed by atoms with Gasteiger partial charge in [0, 0.05) is 13.0 Å². The van der Waals surface area contributed by atoms with Gasteiger partial charge in [0.15, 0.2) is 0 Å². The van der Waals surface area contributed by atoms with E-state index in [1.54, 1.807) is 41.5 Å². The Bertz CT molecular complexity index is 1050. The Morgan fingerprint density at radius 2 is 1.53 bits per heavy atom. The number of esters is 2. The third kappa shape index (κ3) is 9.65. The molecule has 0 fully saturated rings. The molecule has 34 heavy (non-hydrogen) atoms. The molecule has 2 aromatic carbocycles. The van der Waals surface area contributed by atoms with Crippen molar-refractivity contribution in [1.29, 1.82) is 0 Å². The number of hydrogen-bond donors (Lipinski definition) is 1. The largest absolute Gasteiger partial charge is 0.457 e. The predicted octanol–water partition coefficient (Wildman–Crippen LogP) is 5.11. The minimum atomic E-state index is -0.927. The van der Waals surface area contributed by atoms with Gasteiger partial charge in [-0.15, -0.1) is 0 Å². The predicted molar refractivity (Wildman–Crippen MR) is 131 cm³/mol. The molecule has 184 valence electrons. The highest BCUT2D eigenvalue weighted by Gasteiger charge is 2.27. The van der Waals surface area contributed by atoms with Crippen LogP contribution in [0.4, 0.5) is 4.79 Å². The van der Waals surface area contributed by atoms with E-state index in [0.29, 0.717) is 6.42 Å². The van der Waals surface area contributed by atoms with Crippen LogP contribution >= 0.6 is 0 Å². The summed E-state index contributed by atoms with van der Waals surface area (Å²) in [6.07, 6.45) is 1.40. The molecule has 1 amide bonds. The Morgan fingerprint density at radius 3 is 2.12 bits per heavy atom. The van der Waals surface area contributed by atoms with E-state index in [9.17, 15) is 14.4 Å². The lowest BCUT2D eigenvalue weighted by molar-refractivity contribution is -0.149. The van der Waals surface area contributed by atoms with Crippen molar-refractivity contribution in [3.8, 4) is 0 Å². The number of carbonyl (C=O) groups excluding carboxylic acids is 3. The molecule has 0 saturated heterocycles. The summed E-state index contributed by atoms with van der Waals surface area (Å²) in [7, 11) is 0. The van der Waals surface area contributed by atoms with Crippen molar-refractivity contribution >= 4 is 28.8 Å². The lowest BCUT2D eigenvalue weighted by Gasteiger charge is -2.28. The fourth-order valence-corrected chi connectivity index (χ4v) is 3.28. The van der Waals surface area contributed by atoms with Crippen molar-refractivity contribution in [2.45, 2.75) is 78.2 Å². The number of benzene rings is 2. The van der Waals surface area contributed by atoms with Gasteiger partial charge in [-0.3, -0.25) is 4.79 Å². The molecule has 1 unspecified atom stereocenters. The summed E-state index contributed by atoms with van der Waals surface area (Å²) in [4.78, 5) is 36.7.